The third kappa shape index (κ3) is 4.15. The number of nitrogens with zero attached hydrogens (tertiary/aromatic N) is 1. The van der Waals surface area contributed by atoms with E-state index in [1.165, 1.54) is 0 Å². The van der Waals surface area contributed by atoms with E-state index in [4.69, 9.17) is 10.2 Å². The molecule has 5 heteroatoms. The molecule has 72 valence electrons. The van der Waals surface area contributed by atoms with Gasteiger partial charge in [0.1, 0.15) is 0 Å². The quantitative estimate of drug-likeness (QED) is 0.537. The van der Waals surface area contributed by atoms with Crippen LogP contribution < -0.4 is 5.43 Å². The van der Waals surface area contributed by atoms with Crippen LogP contribution in [0.2, 0.25) is 0 Å². The molecular formula is C7H16N2O3. The maximum Gasteiger partial charge on any atom is 0.422 e. The standard InChI is InChI=1S/C7H16N2O3/c1-5(2)9(7(11)12)8-4-6(3)10/h5-6,8,10H,4H2,1-3H3,(H,11,12)/t6-/m1/s1. The van der Waals surface area contributed by atoms with E-state index in [2.05, 4.69) is 5.43 Å². The van der Waals surface area contributed by atoms with Gasteiger partial charge in [-0.15, -0.1) is 0 Å². The third-order valence-corrected chi connectivity index (χ3v) is 1.28. The molecule has 0 saturated heterocycles. The van der Waals surface area contributed by atoms with Crippen molar-refractivity contribution < 1.29 is 15.0 Å². The van der Waals surface area contributed by atoms with Crippen molar-refractivity contribution in [3.63, 3.8) is 0 Å². The normalized spacial score (nSPS) is 13.1. The number of aliphatic hydroxyl groups excluding tert-OH is 1. The summed E-state index contributed by atoms with van der Waals surface area (Å²) in [4.78, 5) is 10.5. The van der Waals surface area contributed by atoms with Gasteiger partial charge in [-0.1, -0.05) is 0 Å². The lowest BCUT2D eigenvalue weighted by atomic mass is 10.4. The maximum absolute atomic E-state index is 10.5. The van der Waals surface area contributed by atoms with Gasteiger partial charge in [0.05, 0.1) is 6.10 Å². The Morgan fingerprint density at radius 1 is 1.50 bits per heavy atom. The average Bonchev–Trinajstić information content (AvgIpc) is 1.84. The Bertz CT molecular complexity index is 148. The zero-order valence-electron chi connectivity index (χ0n) is 7.61. The highest BCUT2D eigenvalue weighted by molar-refractivity contribution is 5.64. The van der Waals surface area contributed by atoms with Gasteiger partial charge in [0.15, 0.2) is 0 Å². The molecule has 0 radical (unpaired) electrons. The Morgan fingerprint density at radius 2 is 2.00 bits per heavy atom. The van der Waals surface area contributed by atoms with Crippen molar-refractivity contribution in [2.45, 2.75) is 32.9 Å². The van der Waals surface area contributed by atoms with Crippen LogP contribution in [-0.4, -0.2) is 40.0 Å². The lowest BCUT2D eigenvalue weighted by Crippen LogP contribution is -2.48. The highest BCUT2D eigenvalue weighted by atomic mass is 16.4. The second-order valence-corrected chi connectivity index (χ2v) is 2.96. The van der Waals surface area contributed by atoms with E-state index in [9.17, 15) is 4.79 Å². The van der Waals surface area contributed by atoms with Gasteiger partial charge in [-0.3, -0.25) is 0 Å². The number of hydrazine groups is 1. The average molecular weight is 176 g/mol. The van der Waals surface area contributed by atoms with Gasteiger partial charge >= 0.3 is 6.09 Å². The molecule has 5 nitrogen and oxygen atoms in total. The van der Waals surface area contributed by atoms with E-state index in [1.807, 2.05) is 0 Å². The van der Waals surface area contributed by atoms with Crippen LogP contribution in [0.5, 0.6) is 0 Å². The summed E-state index contributed by atoms with van der Waals surface area (Å²) < 4.78 is 0. The van der Waals surface area contributed by atoms with Crippen molar-refractivity contribution in [2.75, 3.05) is 6.54 Å². The van der Waals surface area contributed by atoms with Crippen molar-refractivity contribution in [3.05, 3.63) is 0 Å². The van der Waals surface area contributed by atoms with Gasteiger partial charge in [-0.2, -0.15) is 0 Å². The van der Waals surface area contributed by atoms with Crippen LogP contribution in [0.1, 0.15) is 20.8 Å². The molecule has 0 aromatic carbocycles. The highest BCUT2D eigenvalue weighted by Gasteiger charge is 2.14. The topological polar surface area (TPSA) is 72.8 Å². The zero-order chi connectivity index (χ0) is 9.72. The number of carboxylic acid groups (broad SMARTS) is 1. The minimum absolute atomic E-state index is 0.138. The molecule has 0 unspecified atom stereocenters. The van der Waals surface area contributed by atoms with Gasteiger partial charge in [-0.25, -0.2) is 15.2 Å². The fraction of sp³-hybridized carbons (Fsp3) is 0.857. The second-order valence-electron chi connectivity index (χ2n) is 2.96. The maximum atomic E-state index is 10.5. The van der Waals surface area contributed by atoms with E-state index in [0.717, 1.165) is 5.01 Å². The van der Waals surface area contributed by atoms with Crippen LogP contribution in [0.25, 0.3) is 0 Å². The summed E-state index contributed by atoms with van der Waals surface area (Å²) >= 11 is 0. The number of hydrogen-bond acceptors (Lipinski definition) is 3. The first-order valence-electron chi connectivity index (χ1n) is 3.89. The molecule has 0 rings (SSSR count). The van der Waals surface area contributed by atoms with Crippen LogP contribution in [0.3, 0.4) is 0 Å². The molecule has 0 spiro atoms. The number of carbonyl (C=O) groups is 1. The second kappa shape index (κ2) is 4.95. The fourth-order valence-corrected chi connectivity index (χ4v) is 0.702. The largest absolute Gasteiger partial charge is 0.464 e. The lowest BCUT2D eigenvalue weighted by Gasteiger charge is -2.24. The molecule has 0 aromatic heterocycles. The molecule has 1 amide bonds. The predicted molar refractivity (Wildman–Crippen MR) is 44.7 cm³/mol. The monoisotopic (exact) mass is 176 g/mol. The Labute approximate surface area is 72.0 Å². The number of aliphatic hydroxyl groups is 1. The van der Waals surface area contributed by atoms with E-state index in [1.54, 1.807) is 20.8 Å². The Balaban J connectivity index is 3.88. The predicted octanol–water partition coefficient (Wildman–Crippen LogP) is 0.260. The van der Waals surface area contributed by atoms with E-state index in [0.29, 0.717) is 0 Å². The molecule has 0 saturated carbocycles. The fourth-order valence-electron chi connectivity index (χ4n) is 0.702. The zero-order valence-corrected chi connectivity index (χ0v) is 7.61. The number of nitrogens with one attached hydrogen (secondary N) is 1. The highest BCUT2D eigenvalue weighted by Crippen LogP contribution is 1.93. The first-order chi connectivity index (χ1) is 5.45. The number of rotatable bonds is 4. The Kier molecular flexibility index (Phi) is 4.61. The van der Waals surface area contributed by atoms with Crippen LogP contribution in [0.15, 0.2) is 0 Å². The molecule has 0 aliphatic rings. The van der Waals surface area contributed by atoms with Crippen molar-refractivity contribution in [1.29, 1.82) is 0 Å². The van der Waals surface area contributed by atoms with Gasteiger partial charge in [0.2, 0.25) is 0 Å². The molecule has 0 aliphatic carbocycles. The van der Waals surface area contributed by atoms with Crippen molar-refractivity contribution in [3.8, 4) is 0 Å². The first kappa shape index (κ1) is 11.2. The van der Waals surface area contributed by atoms with Crippen molar-refractivity contribution >= 4 is 6.09 Å². The lowest BCUT2D eigenvalue weighted by molar-refractivity contribution is 0.0842. The van der Waals surface area contributed by atoms with Crippen LogP contribution in [0, 0.1) is 0 Å². The summed E-state index contributed by atoms with van der Waals surface area (Å²) in [6.07, 6.45) is -1.59. The third-order valence-electron chi connectivity index (χ3n) is 1.28. The SMILES string of the molecule is CC(C)N(NC[C@@H](C)O)C(=O)O. The minimum atomic E-state index is -1.04. The molecule has 0 fully saturated rings. The van der Waals surface area contributed by atoms with Gasteiger partial charge in [0.25, 0.3) is 0 Å². The molecule has 0 heterocycles. The van der Waals surface area contributed by atoms with Gasteiger partial charge in [0, 0.05) is 12.6 Å². The summed E-state index contributed by atoms with van der Waals surface area (Å²) in [7, 11) is 0. The first-order valence-corrected chi connectivity index (χ1v) is 3.89. The summed E-state index contributed by atoms with van der Waals surface area (Å²) in [6, 6.07) is -0.138. The summed E-state index contributed by atoms with van der Waals surface area (Å²) in [5.74, 6) is 0. The van der Waals surface area contributed by atoms with E-state index < -0.39 is 12.2 Å². The number of hydrogen-bond donors (Lipinski definition) is 3. The molecule has 12 heavy (non-hydrogen) atoms. The Hall–Kier alpha value is -0.810. The molecule has 0 aliphatic heterocycles. The molecule has 0 aromatic rings. The summed E-state index contributed by atoms with van der Waals surface area (Å²) in [6.45, 7) is 5.34. The minimum Gasteiger partial charge on any atom is -0.464 e. The van der Waals surface area contributed by atoms with Crippen LogP contribution >= 0.6 is 0 Å². The van der Waals surface area contributed by atoms with Gasteiger partial charge in [-0.05, 0) is 20.8 Å². The molecule has 0 bridgehead atoms. The molecule has 3 N–H and O–H groups in total. The summed E-state index contributed by atoms with van der Waals surface area (Å²) in [5.41, 5.74) is 2.60. The number of amides is 1. The van der Waals surface area contributed by atoms with Crippen LogP contribution in [0.4, 0.5) is 4.79 Å². The summed E-state index contributed by atoms with van der Waals surface area (Å²) in [5, 5.41) is 18.6. The smallest absolute Gasteiger partial charge is 0.422 e. The Morgan fingerprint density at radius 3 is 2.25 bits per heavy atom. The van der Waals surface area contributed by atoms with Gasteiger partial charge < -0.3 is 10.2 Å². The van der Waals surface area contributed by atoms with E-state index >= 15 is 0 Å². The van der Waals surface area contributed by atoms with E-state index in [-0.39, 0.29) is 12.6 Å². The molecule has 1 atom stereocenters. The van der Waals surface area contributed by atoms with Crippen molar-refractivity contribution in [2.24, 2.45) is 0 Å². The van der Waals surface area contributed by atoms with Crippen LogP contribution in [-0.2, 0) is 0 Å². The van der Waals surface area contributed by atoms with Crippen molar-refractivity contribution in [1.82, 2.24) is 10.4 Å². The molecular weight excluding hydrogens is 160 g/mol.